The molecule has 1 aliphatic heterocycles. The molecule has 110 valence electrons. The molecule has 6 nitrogen and oxygen atoms in total. The summed E-state index contributed by atoms with van der Waals surface area (Å²) < 4.78 is 1.04. The Balaban J connectivity index is 2.06. The lowest BCUT2D eigenvalue weighted by molar-refractivity contribution is -0.116. The molecule has 1 aromatic heterocycles. The zero-order chi connectivity index (χ0) is 15.7. The third-order valence-corrected chi connectivity index (χ3v) is 4.13. The molecule has 22 heavy (non-hydrogen) atoms. The number of carbonyl (C=O) groups excluding carboxylic acids is 1. The van der Waals surface area contributed by atoms with Crippen LogP contribution in [0.25, 0.3) is 6.08 Å². The van der Waals surface area contributed by atoms with Crippen LogP contribution in [-0.2, 0) is 4.79 Å². The fraction of sp³-hybridized carbons (Fsp3) is 0. The maximum atomic E-state index is 12.0. The van der Waals surface area contributed by atoms with E-state index in [1.807, 2.05) is 0 Å². The molecule has 0 fully saturated rings. The number of amides is 1. The molecule has 0 saturated carbocycles. The standard InChI is InChI=1S/C14H8Br2N4O2/c15-9-4-7(5-10(16)13(9)21)3-8-12(19-20-14(8)22)11-6-17-1-2-18-11/h1-6,21H,(H,20,22)/b8-3-. The highest BCUT2D eigenvalue weighted by molar-refractivity contribution is 9.11. The van der Waals surface area contributed by atoms with Gasteiger partial charge in [0, 0.05) is 12.4 Å². The van der Waals surface area contributed by atoms with Crippen molar-refractivity contribution in [3.63, 3.8) is 0 Å². The highest BCUT2D eigenvalue weighted by atomic mass is 79.9. The number of benzene rings is 1. The molecule has 0 spiro atoms. The van der Waals surface area contributed by atoms with Crippen LogP contribution in [0.2, 0.25) is 0 Å². The molecule has 0 radical (unpaired) electrons. The molecule has 3 rings (SSSR count). The van der Waals surface area contributed by atoms with Crippen LogP contribution in [0.3, 0.4) is 0 Å². The Labute approximate surface area is 142 Å². The minimum atomic E-state index is -0.319. The third-order valence-electron chi connectivity index (χ3n) is 2.93. The fourth-order valence-electron chi connectivity index (χ4n) is 1.92. The molecule has 2 N–H and O–H groups in total. The maximum Gasteiger partial charge on any atom is 0.273 e. The minimum absolute atomic E-state index is 0.0980. The second-order valence-electron chi connectivity index (χ2n) is 4.38. The van der Waals surface area contributed by atoms with Gasteiger partial charge < -0.3 is 5.11 Å². The SMILES string of the molecule is O=C1NN=C(c2cnccn2)/C1=C/c1cc(Br)c(O)c(Br)c1. The molecule has 1 aliphatic rings. The fourth-order valence-corrected chi connectivity index (χ4v) is 3.14. The number of aromatic hydroxyl groups is 1. The number of rotatable bonds is 2. The van der Waals surface area contributed by atoms with Gasteiger partial charge in [-0.15, -0.1) is 0 Å². The van der Waals surface area contributed by atoms with Gasteiger partial charge in [-0.05, 0) is 55.6 Å². The van der Waals surface area contributed by atoms with E-state index in [2.05, 4.69) is 52.4 Å². The number of aromatic nitrogens is 2. The lowest BCUT2D eigenvalue weighted by atomic mass is 10.0. The molecule has 2 heterocycles. The van der Waals surface area contributed by atoms with Gasteiger partial charge in [-0.3, -0.25) is 14.8 Å². The van der Waals surface area contributed by atoms with Crippen molar-refractivity contribution in [2.75, 3.05) is 0 Å². The van der Waals surface area contributed by atoms with Crippen LogP contribution >= 0.6 is 31.9 Å². The summed E-state index contributed by atoms with van der Waals surface area (Å²) in [5, 5.41) is 13.7. The van der Waals surface area contributed by atoms with Crippen LogP contribution < -0.4 is 5.43 Å². The zero-order valence-corrected chi connectivity index (χ0v) is 14.1. The lowest BCUT2D eigenvalue weighted by Crippen LogP contribution is -2.14. The number of carbonyl (C=O) groups is 1. The Morgan fingerprint density at radius 2 is 1.91 bits per heavy atom. The van der Waals surface area contributed by atoms with Crippen molar-refractivity contribution < 1.29 is 9.90 Å². The van der Waals surface area contributed by atoms with Gasteiger partial charge in [0.2, 0.25) is 0 Å². The van der Waals surface area contributed by atoms with E-state index in [0.717, 1.165) is 5.56 Å². The molecule has 0 bridgehead atoms. The number of phenols is 1. The average molecular weight is 424 g/mol. The summed E-state index contributed by atoms with van der Waals surface area (Å²) >= 11 is 6.52. The Morgan fingerprint density at radius 1 is 1.18 bits per heavy atom. The first kappa shape index (κ1) is 14.9. The Hall–Kier alpha value is -2.06. The third kappa shape index (κ3) is 2.79. The minimum Gasteiger partial charge on any atom is -0.506 e. The van der Waals surface area contributed by atoms with Crippen LogP contribution in [0.1, 0.15) is 11.3 Å². The molecule has 0 unspecified atom stereocenters. The summed E-state index contributed by atoms with van der Waals surface area (Å²) in [6.45, 7) is 0. The van der Waals surface area contributed by atoms with Gasteiger partial charge in [0.1, 0.15) is 17.2 Å². The summed E-state index contributed by atoms with van der Waals surface area (Å²) in [6, 6.07) is 3.40. The summed E-state index contributed by atoms with van der Waals surface area (Å²) in [5.74, 6) is -0.221. The Morgan fingerprint density at radius 3 is 2.55 bits per heavy atom. The van der Waals surface area contributed by atoms with Crippen molar-refractivity contribution in [2.45, 2.75) is 0 Å². The summed E-state index contributed by atoms with van der Waals surface area (Å²) in [6.07, 6.45) is 6.29. The highest BCUT2D eigenvalue weighted by Crippen LogP contribution is 2.34. The summed E-state index contributed by atoms with van der Waals surface area (Å²) in [7, 11) is 0. The van der Waals surface area contributed by atoms with E-state index in [1.165, 1.54) is 12.4 Å². The molecular formula is C14H8Br2N4O2. The van der Waals surface area contributed by atoms with Gasteiger partial charge in [-0.25, -0.2) is 5.43 Å². The molecule has 0 saturated heterocycles. The first-order valence-corrected chi connectivity index (χ1v) is 7.69. The van der Waals surface area contributed by atoms with Crippen molar-refractivity contribution in [3.8, 4) is 5.75 Å². The number of hydrogen-bond acceptors (Lipinski definition) is 5. The van der Waals surface area contributed by atoms with Crippen molar-refractivity contribution in [1.29, 1.82) is 0 Å². The Kier molecular flexibility index (Phi) is 4.04. The van der Waals surface area contributed by atoms with Crippen LogP contribution in [0.15, 0.2) is 50.3 Å². The van der Waals surface area contributed by atoms with E-state index < -0.39 is 0 Å². The zero-order valence-electron chi connectivity index (χ0n) is 10.9. The number of hydrogen-bond donors (Lipinski definition) is 2. The van der Waals surface area contributed by atoms with Crippen molar-refractivity contribution in [2.24, 2.45) is 5.10 Å². The van der Waals surface area contributed by atoms with E-state index in [-0.39, 0.29) is 11.7 Å². The number of hydrazone groups is 1. The average Bonchev–Trinajstić information content (AvgIpc) is 2.87. The second kappa shape index (κ2) is 5.98. The highest BCUT2D eigenvalue weighted by Gasteiger charge is 2.25. The predicted molar refractivity (Wildman–Crippen MR) is 88.2 cm³/mol. The van der Waals surface area contributed by atoms with Gasteiger partial charge in [0.25, 0.3) is 5.91 Å². The second-order valence-corrected chi connectivity index (χ2v) is 6.09. The van der Waals surface area contributed by atoms with E-state index in [1.54, 1.807) is 24.4 Å². The van der Waals surface area contributed by atoms with Crippen LogP contribution in [0.5, 0.6) is 5.75 Å². The van der Waals surface area contributed by atoms with Crippen LogP contribution in [-0.4, -0.2) is 26.7 Å². The molecule has 0 atom stereocenters. The van der Waals surface area contributed by atoms with E-state index in [9.17, 15) is 9.90 Å². The van der Waals surface area contributed by atoms with Crippen LogP contribution in [0, 0.1) is 0 Å². The Bertz CT molecular complexity index is 796. The van der Waals surface area contributed by atoms with Gasteiger partial charge >= 0.3 is 0 Å². The van der Waals surface area contributed by atoms with Gasteiger partial charge in [-0.2, -0.15) is 5.10 Å². The maximum absolute atomic E-state index is 12.0. The number of phenolic OH excluding ortho intramolecular Hbond substituents is 1. The molecular weight excluding hydrogens is 416 g/mol. The van der Waals surface area contributed by atoms with E-state index in [0.29, 0.717) is 25.9 Å². The van der Waals surface area contributed by atoms with Crippen molar-refractivity contribution in [1.82, 2.24) is 15.4 Å². The monoisotopic (exact) mass is 422 g/mol. The first-order chi connectivity index (χ1) is 10.6. The van der Waals surface area contributed by atoms with Crippen molar-refractivity contribution >= 4 is 49.6 Å². The first-order valence-electron chi connectivity index (χ1n) is 6.11. The van der Waals surface area contributed by atoms with Gasteiger partial charge in [0.05, 0.1) is 20.7 Å². The topological polar surface area (TPSA) is 87.5 Å². The number of nitrogens with zero attached hydrogens (tertiary/aromatic N) is 3. The number of nitrogens with one attached hydrogen (secondary N) is 1. The summed E-state index contributed by atoms with van der Waals surface area (Å²) in [5.41, 5.74) is 4.45. The molecule has 0 aliphatic carbocycles. The van der Waals surface area contributed by atoms with E-state index in [4.69, 9.17) is 0 Å². The lowest BCUT2D eigenvalue weighted by Gasteiger charge is -2.04. The molecule has 2 aromatic rings. The smallest absolute Gasteiger partial charge is 0.273 e. The van der Waals surface area contributed by atoms with Crippen molar-refractivity contribution in [3.05, 3.63) is 56.5 Å². The largest absolute Gasteiger partial charge is 0.506 e. The number of halogens is 2. The molecule has 8 heteroatoms. The van der Waals surface area contributed by atoms with Crippen LogP contribution in [0.4, 0.5) is 0 Å². The predicted octanol–water partition coefficient (Wildman–Crippen LogP) is 2.62. The van der Waals surface area contributed by atoms with Gasteiger partial charge in [0.15, 0.2) is 0 Å². The van der Waals surface area contributed by atoms with E-state index >= 15 is 0 Å². The summed E-state index contributed by atoms with van der Waals surface area (Å²) in [4.78, 5) is 20.1. The van der Waals surface area contributed by atoms with Gasteiger partial charge in [-0.1, -0.05) is 0 Å². The molecule has 1 aromatic carbocycles. The quantitative estimate of drug-likeness (QED) is 0.726. The molecule has 1 amide bonds. The normalized spacial score (nSPS) is 15.8.